The van der Waals surface area contributed by atoms with E-state index in [9.17, 15) is 0 Å². The molecule has 0 unspecified atom stereocenters. The molecule has 2 aliphatic rings. The van der Waals surface area contributed by atoms with E-state index in [1.807, 2.05) is 0 Å². The van der Waals surface area contributed by atoms with Gasteiger partial charge in [-0.1, -0.05) is 0 Å². The highest BCUT2D eigenvalue weighted by molar-refractivity contribution is 8.03. The van der Waals surface area contributed by atoms with Crippen LogP contribution in [0.5, 0.6) is 0 Å². The van der Waals surface area contributed by atoms with E-state index >= 15 is 0 Å². The second-order valence-electron chi connectivity index (χ2n) is 3.93. The second-order valence-corrected chi connectivity index (χ2v) is 6.23. The van der Waals surface area contributed by atoms with Gasteiger partial charge in [-0.25, -0.2) is 0 Å². The molecule has 2 fully saturated rings. The van der Waals surface area contributed by atoms with Gasteiger partial charge in [-0.15, -0.1) is 0 Å². The number of methoxy groups -OCH3 is 1. The van der Waals surface area contributed by atoms with Crippen LogP contribution in [0.4, 0.5) is 0 Å². The van der Waals surface area contributed by atoms with E-state index in [1.54, 1.807) is 7.11 Å². The van der Waals surface area contributed by atoms with Crippen LogP contribution >= 0.6 is 23.5 Å². The minimum atomic E-state index is 0.239. The summed E-state index contributed by atoms with van der Waals surface area (Å²) >= 11 is 4.10. The Labute approximate surface area is 100 Å². The lowest BCUT2D eigenvalue weighted by molar-refractivity contribution is 0.0725. The van der Waals surface area contributed by atoms with Gasteiger partial charge < -0.3 is 14.8 Å². The smallest absolute Gasteiger partial charge is 0.0979 e. The molecule has 0 bridgehead atoms. The zero-order valence-corrected chi connectivity index (χ0v) is 10.7. The molecular weight excluding hydrogens is 230 g/mol. The Balaban J connectivity index is 1.78. The average molecular weight is 249 g/mol. The first-order valence-corrected chi connectivity index (χ1v) is 7.73. The average Bonchev–Trinajstić information content (AvgIpc) is 2.53. The third-order valence-corrected chi connectivity index (χ3v) is 5.31. The van der Waals surface area contributed by atoms with Gasteiger partial charge in [0.05, 0.1) is 25.4 Å². The quantitative estimate of drug-likeness (QED) is 0.801. The van der Waals surface area contributed by atoms with Crippen LogP contribution in [0, 0.1) is 0 Å². The minimum absolute atomic E-state index is 0.239. The molecule has 88 valence electrons. The molecule has 0 radical (unpaired) electrons. The van der Waals surface area contributed by atoms with Crippen molar-refractivity contribution in [1.82, 2.24) is 5.32 Å². The van der Waals surface area contributed by atoms with E-state index in [4.69, 9.17) is 9.47 Å². The molecular formula is C10H19NO2S2. The maximum Gasteiger partial charge on any atom is 0.0979 e. The van der Waals surface area contributed by atoms with Gasteiger partial charge in [-0.3, -0.25) is 0 Å². The van der Waals surface area contributed by atoms with E-state index in [0.29, 0.717) is 12.1 Å². The highest BCUT2D eigenvalue weighted by atomic mass is 32.2. The third kappa shape index (κ3) is 3.53. The van der Waals surface area contributed by atoms with Gasteiger partial charge in [0.25, 0.3) is 0 Å². The maximum atomic E-state index is 5.43. The summed E-state index contributed by atoms with van der Waals surface area (Å²) in [6.07, 6.45) is 0.239. The number of rotatable bonds is 3. The summed E-state index contributed by atoms with van der Waals surface area (Å²) in [6.45, 7) is 1.53. The second kappa shape index (κ2) is 6.35. The molecule has 1 N–H and O–H groups in total. The zero-order chi connectivity index (χ0) is 10.5. The monoisotopic (exact) mass is 249 g/mol. The summed E-state index contributed by atoms with van der Waals surface area (Å²) in [5.74, 6) is 5.02. The Kier molecular flexibility index (Phi) is 5.10. The van der Waals surface area contributed by atoms with Crippen LogP contribution in [-0.4, -0.2) is 61.5 Å². The lowest BCUT2D eigenvalue weighted by Gasteiger charge is -2.23. The van der Waals surface area contributed by atoms with Gasteiger partial charge in [-0.05, 0) is 0 Å². The maximum absolute atomic E-state index is 5.43. The molecule has 0 aromatic rings. The molecule has 2 heterocycles. The van der Waals surface area contributed by atoms with Gasteiger partial charge in [0.2, 0.25) is 0 Å². The van der Waals surface area contributed by atoms with Crippen LogP contribution in [0.2, 0.25) is 0 Å². The van der Waals surface area contributed by atoms with Crippen LogP contribution in [-0.2, 0) is 9.47 Å². The lowest BCUT2D eigenvalue weighted by atomic mass is 10.2. The van der Waals surface area contributed by atoms with Gasteiger partial charge in [0.15, 0.2) is 0 Å². The number of hydrogen-bond donors (Lipinski definition) is 1. The number of nitrogens with one attached hydrogen (secondary N) is 1. The van der Waals surface area contributed by atoms with Crippen LogP contribution in [0.15, 0.2) is 0 Å². The van der Waals surface area contributed by atoms with Gasteiger partial charge in [0.1, 0.15) is 0 Å². The molecule has 15 heavy (non-hydrogen) atoms. The van der Waals surface area contributed by atoms with E-state index in [-0.39, 0.29) is 6.10 Å². The Hall–Kier alpha value is 0.580. The molecule has 0 amide bonds. The van der Waals surface area contributed by atoms with Crippen molar-refractivity contribution in [2.75, 3.05) is 43.3 Å². The number of thioether (sulfide) groups is 2. The standard InChI is InChI=1S/C10H19NO2S2/c1-12-10-5-13-4-9(10)11-8-6-14-2-3-15-7-8/h8-11H,2-7H2,1H3/t9-,10-/m0/s1. The first kappa shape index (κ1) is 12.0. The summed E-state index contributed by atoms with van der Waals surface area (Å²) in [5.41, 5.74) is 0. The van der Waals surface area contributed by atoms with Crippen molar-refractivity contribution >= 4 is 23.5 Å². The molecule has 2 atom stereocenters. The molecule has 0 aromatic heterocycles. The van der Waals surface area contributed by atoms with Gasteiger partial charge in [-0.2, -0.15) is 23.5 Å². The third-order valence-electron chi connectivity index (χ3n) is 2.79. The molecule has 0 aromatic carbocycles. The fraction of sp³-hybridized carbons (Fsp3) is 1.00. The van der Waals surface area contributed by atoms with E-state index in [1.165, 1.54) is 23.0 Å². The van der Waals surface area contributed by atoms with Crippen molar-refractivity contribution in [3.05, 3.63) is 0 Å². The van der Waals surface area contributed by atoms with Crippen molar-refractivity contribution in [3.8, 4) is 0 Å². The number of ether oxygens (including phenoxy) is 2. The fourth-order valence-electron chi connectivity index (χ4n) is 1.94. The van der Waals surface area contributed by atoms with Gasteiger partial charge >= 0.3 is 0 Å². The first-order chi connectivity index (χ1) is 7.40. The van der Waals surface area contributed by atoms with Crippen molar-refractivity contribution in [2.45, 2.75) is 18.2 Å². The largest absolute Gasteiger partial charge is 0.377 e. The van der Waals surface area contributed by atoms with Crippen molar-refractivity contribution < 1.29 is 9.47 Å². The molecule has 0 saturated carbocycles. The van der Waals surface area contributed by atoms with E-state index < -0.39 is 0 Å². The van der Waals surface area contributed by atoms with Crippen molar-refractivity contribution in [3.63, 3.8) is 0 Å². The fourth-order valence-corrected chi connectivity index (χ4v) is 4.36. The summed E-state index contributed by atoms with van der Waals surface area (Å²) in [7, 11) is 1.77. The predicted octanol–water partition coefficient (Wildman–Crippen LogP) is 0.838. The van der Waals surface area contributed by atoms with Crippen LogP contribution in [0.25, 0.3) is 0 Å². The molecule has 2 aliphatic heterocycles. The zero-order valence-electron chi connectivity index (χ0n) is 9.11. The number of hydrogen-bond acceptors (Lipinski definition) is 5. The summed E-state index contributed by atoms with van der Waals surface area (Å²) < 4.78 is 10.8. The van der Waals surface area contributed by atoms with E-state index in [2.05, 4.69) is 28.8 Å². The summed E-state index contributed by atoms with van der Waals surface area (Å²) in [5, 5.41) is 3.67. The molecule has 5 heteroatoms. The Bertz CT molecular complexity index is 186. The SMILES string of the molecule is CO[C@H]1COC[C@@H]1NC1CSCCSC1. The summed E-state index contributed by atoms with van der Waals surface area (Å²) in [4.78, 5) is 0. The van der Waals surface area contributed by atoms with Crippen LogP contribution < -0.4 is 5.32 Å². The van der Waals surface area contributed by atoms with Gasteiger partial charge in [0, 0.05) is 36.2 Å². The van der Waals surface area contributed by atoms with Crippen molar-refractivity contribution in [2.24, 2.45) is 0 Å². The topological polar surface area (TPSA) is 30.5 Å². The van der Waals surface area contributed by atoms with Crippen LogP contribution in [0.1, 0.15) is 0 Å². The first-order valence-electron chi connectivity index (χ1n) is 5.42. The summed E-state index contributed by atoms with van der Waals surface area (Å²) in [6, 6.07) is 1.01. The highest BCUT2D eigenvalue weighted by Gasteiger charge is 2.30. The molecule has 2 saturated heterocycles. The molecule has 2 rings (SSSR count). The van der Waals surface area contributed by atoms with E-state index in [0.717, 1.165) is 13.2 Å². The normalized spacial score (nSPS) is 34.2. The minimum Gasteiger partial charge on any atom is -0.377 e. The molecule has 3 nitrogen and oxygen atoms in total. The molecule has 0 spiro atoms. The van der Waals surface area contributed by atoms with Crippen molar-refractivity contribution in [1.29, 1.82) is 0 Å². The predicted molar refractivity (Wildman–Crippen MR) is 67.0 cm³/mol. The molecule has 0 aliphatic carbocycles. The van der Waals surface area contributed by atoms with Crippen LogP contribution in [0.3, 0.4) is 0 Å². The Morgan fingerprint density at radius 2 is 1.93 bits per heavy atom. The lowest BCUT2D eigenvalue weighted by Crippen LogP contribution is -2.47. The Morgan fingerprint density at radius 1 is 1.20 bits per heavy atom. The highest BCUT2D eigenvalue weighted by Crippen LogP contribution is 2.18. The Morgan fingerprint density at radius 3 is 2.60 bits per heavy atom.